The topological polar surface area (TPSA) is 32.8 Å². The maximum atomic E-state index is 13.8. The van der Waals surface area contributed by atoms with E-state index >= 15 is 0 Å². The van der Waals surface area contributed by atoms with Crippen molar-refractivity contribution in [2.24, 2.45) is 0 Å². The molecular weight excluding hydrogens is 387 g/mol. The van der Waals surface area contributed by atoms with Gasteiger partial charge >= 0.3 is 0 Å². The van der Waals surface area contributed by atoms with Gasteiger partial charge in [0.15, 0.2) is 11.6 Å². The molecule has 1 aromatic carbocycles. The number of halogens is 2. The van der Waals surface area contributed by atoms with Crippen LogP contribution >= 0.6 is 23.7 Å². The van der Waals surface area contributed by atoms with E-state index in [2.05, 4.69) is 11.0 Å². The van der Waals surface area contributed by atoms with Crippen molar-refractivity contribution in [2.45, 2.75) is 25.8 Å². The average Bonchev–Trinajstić information content (AvgIpc) is 3.24. The van der Waals surface area contributed by atoms with Crippen LogP contribution in [-0.4, -0.2) is 49.0 Å². The highest BCUT2D eigenvalue weighted by molar-refractivity contribution is 7.14. The van der Waals surface area contributed by atoms with Crippen LogP contribution in [0.5, 0.6) is 5.75 Å². The predicted octanol–water partition coefficient (Wildman–Crippen LogP) is 3.76. The predicted molar refractivity (Wildman–Crippen MR) is 108 cm³/mol. The van der Waals surface area contributed by atoms with E-state index in [1.807, 2.05) is 11.0 Å². The number of piperazine rings is 1. The summed E-state index contributed by atoms with van der Waals surface area (Å²) in [6, 6.07) is 7.19. The Labute approximate surface area is 169 Å². The molecular formula is C20H24ClFN2O2S. The van der Waals surface area contributed by atoms with Gasteiger partial charge in [0.25, 0.3) is 5.91 Å². The fourth-order valence-electron chi connectivity index (χ4n) is 3.77. The number of methoxy groups -OCH3 is 1. The van der Waals surface area contributed by atoms with E-state index < -0.39 is 0 Å². The van der Waals surface area contributed by atoms with Gasteiger partial charge in [-0.1, -0.05) is 6.07 Å². The number of thiophene rings is 1. The Morgan fingerprint density at radius 2 is 1.96 bits per heavy atom. The lowest BCUT2D eigenvalue weighted by Gasteiger charge is -2.34. The molecule has 27 heavy (non-hydrogen) atoms. The second-order valence-corrected chi connectivity index (χ2v) is 8.09. The number of carbonyl (C=O) groups excluding carboxylic acids is 1. The van der Waals surface area contributed by atoms with E-state index in [4.69, 9.17) is 4.74 Å². The molecule has 1 saturated heterocycles. The van der Waals surface area contributed by atoms with Crippen LogP contribution in [0, 0.1) is 5.82 Å². The van der Waals surface area contributed by atoms with Gasteiger partial charge in [-0.3, -0.25) is 9.69 Å². The van der Waals surface area contributed by atoms with Gasteiger partial charge < -0.3 is 9.64 Å². The lowest BCUT2D eigenvalue weighted by Crippen LogP contribution is -2.48. The number of carbonyl (C=O) groups is 1. The van der Waals surface area contributed by atoms with Crippen molar-refractivity contribution in [2.75, 3.05) is 33.3 Å². The number of amides is 1. The van der Waals surface area contributed by atoms with Gasteiger partial charge in [-0.15, -0.1) is 23.7 Å². The van der Waals surface area contributed by atoms with Gasteiger partial charge in [0.1, 0.15) is 0 Å². The first kappa shape index (κ1) is 20.1. The van der Waals surface area contributed by atoms with Gasteiger partial charge in [0.2, 0.25) is 0 Å². The third kappa shape index (κ3) is 4.28. The summed E-state index contributed by atoms with van der Waals surface area (Å²) in [5, 5.41) is 0. The molecule has 1 fully saturated rings. The van der Waals surface area contributed by atoms with Gasteiger partial charge in [-0.25, -0.2) is 4.39 Å². The summed E-state index contributed by atoms with van der Waals surface area (Å²) >= 11 is 1.67. The zero-order valence-electron chi connectivity index (χ0n) is 15.4. The second kappa shape index (κ2) is 8.59. The molecule has 2 aliphatic rings. The molecule has 4 rings (SSSR count). The maximum Gasteiger partial charge on any atom is 0.264 e. The van der Waals surface area contributed by atoms with Crippen molar-refractivity contribution in [3.8, 4) is 5.75 Å². The first-order valence-electron chi connectivity index (χ1n) is 9.09. The summed E-state index contributed by atoms with van der Waals surface area (Å²) < 4.78 is 18.8. The van der Waals surface area contributed by atoms with Gasteiger partial charge in [0.05, 0.1) is 12.0 Å². The molecule has 1 amide bonds. The average molecular weight is 411 g/mol. The minimum absolute atomic E-state index is 0. The minimum atomic E-state index is -0.329. The summed E-state index contributed by atoms with van der Waals surface area (Å²) in [5.74, 6) is 0.108. The molecule has 2 heterocycles. The number of aryl methyl sites for hydroxylation is 2. The molecule has 0 atom stereocenters. The summed E-state index contributed by atoms with van der Waals surface area (Å²) in [7, 11) is 1.47. The Morgan fingerprint density at radius 1 is 1.19 bits per heavy atom. The maximum absolute atomic E-state index is 13.8. The molecule has 0 unspecified atom stereocenters. The smallest absolute Gasteiger partial charge is 0.264 e. The van der Waals surface area contributed by atoms with Crippen molar-refractivity contribution in [3.05, 3.63) is 51.0 Å². The van der Waals surface area contributed by atoms with Gasteiger partial charge in [0, 0.05) is 37.6 Å². The summed E-state index contributed by atoms with van der Waals surface area (Å²) in [5.41, 5.74) is 2.30. The van der Waals surface area contributed by atoms with Crippen molar-refractivity contribution in [3.63, 3.8) is 0 Å². The van der Waals surface area contributed by atoms with Gasteiger partial charge in [-0.05, 0) is 48.6 Å². The summed E-state index contributed by atoms with van der Waals surface area (Å²) in [6.45, 7) is 3.76. The number of hydrogen-bond donors (Lipinski definition) is 0. The zero-order valence-corrected chi connectivity index (χ0v) is 17.0. The largest absolute Gasteiger partial charge is 0.494 e. The normalized spacial score (nSPS) is 16.7. The van der Waals surface area contributed by atoms with Crippen molar-refractivity contribution < 1.29 is 13.9 Å². The fourth-order valence-corrected chi connectivity index (χ4v) is 4.99. The first-order valence-corrected chi connectivity index (χ1v) is 9.91. The molecule has 0 bridgehead atoms. The summed E-state index contributed by atoms with van der Waals surface area (Å²) in [4.78, 5) is 19.2. The SMILES string of the molecule is COc1ccc(CN2CCN(C(=O)c3cc4c(s3)CCC4)CC2)cc1F.Cl. The number of ether oxygens (including phenoxy) is 1. The number of nitrogens with zero attached hydrogens (tertiary/aromatic N) is 2. The number of hydrogen-bond acceptors (Lipinski definition) is 4. The molecule has 0 saturated carbocycles. The fraction of sp³-hybridized carbons (Fsp3) is 0.450. The van der Waals surface area contributed by atoms with Crippen LogP contribution in [0.1, 0.15) is 32.1 Å². The third-order valence-electron chi connectivity index (χ3n) is 5.24. The Kier molecular flexibility index (Phi) is 6.40. The third-order valence-corrected chi connectivity index (χ3v) is 6.46. The molecule has 146 valence electrons. The molecule has 2 aromatic rings. The molecule has 0 spiro atoms. The molecule has 7 heteroatoms. The highest BCUT2D eigenvalue weighted by atomic mass is 35.5. The van der Waals surface area contributed by atoms with Crippen LogP contribution in [0.3, 0.4) is 0 Å². The number of rotatable bonds is 4. The van der Waals surface area contributed by atoms with E-state index in [0.29, 0.717) is 6.54 Å². The Hall–Kier alpha value is -1.63. The van der Waals surface area contributed by atoms with Crippen molar-refractivity contribution >= 4 is 29.7 Å². The quantitative estimate of drug-likeness (QED) is 0.769. The minimum Gasteiger partial charge on any atom is -0.494 e. The summed E-state index contributed by atoms with van der Waals surface area (Å²) in [6.07, 6.45) is 3.46. The van der Waals surface area contributed by atoms with E-state index in [0.717, 1.165) is 49.5 Å². The molecule has 4 nitrogen and oxygen atoms in total. The highest BCUT2D eigenvalue weighted by Gasteiger charge is 2.25. The lowest BCUT2D eigenvalue weighted by atomic mass is 10.1. The monoisotopic (exact) mass is 410 g/mol. The first-order chi connectivity index (χ1) is 12.6. The van der Waals surface area contributed by atoms with Crippen LogP contribution < -0.4 is 4.74 Å². The van der Waals surface area contributed by atoms with Crippen LogP contribution in [-0.2, 0) is 19.4 Å². The molecule has 0 N–H and O–H groups in total. The van der Waals surface area contributed by atoms with Crippen molar-refractivity contribution in [1.29, 1.82) is 0 Å². The van der Waals surface area contributed by atoms with E-state index in [1.54, 1.807) is 17.4 Å². The van der Waals surface area contributed by atoms with Crippen molar-refractivity contribution in [1.82, 2.24) is 9.80 Å². The molecule has 1 aliphatic carbocycles. The lowest BCUT2D eigenvalue weighted by molar-refractivity contribution is 0.0633. The van der Waals surface area contributed by atoms with Crippen LogP contribution in [0.15, 0.2) is 24.3 Å². The Morgan fingerprint density at radius 3 is 2.63 bits per heavy atom. The van der Waals surface area contributed by atoms with Gasteiger partial charge in [-0.2, -0.15) is 0 Å². The molecule has 1 aliphatic heterocycles. The highest BCUT2D eigenvalue weighted by Crippen LogP contribution is 2.31. The Balaban J connectivity index is 0.00000210. The molecule has 0 radical (unpaired) electrons. The Bertz CT molecular complexity index is 797. The standard InChI is InChI=1S/C20H23FN2O2S.ClH/c1-25-17-6-5-14(11-16(17)21)13-22-7-9-23(10-8-22)20(24)19-12-15-3-2-4-18(15)26-19;/h5-6,11-12H,2-4,7-10,13H2,1H3;1H. The second-order valence-electron chi connectivity index (χ2n) is 6.95. The van der Waals surface area contributed by atoms with E-state index in [1.165, 1.54) is 30.0 Å². The van der Waals surface area contributed by atoms with E-state index in [-0.39, 0.29) is 29.9 Å². The van der Waals surface area contributed by atoms with Crippen LogP contribution in [0.25, 0.3) is 0 Å². The number of fused-ring (bicyclic) bond motifs is 1. The molecule has 1 aromatic heterocycles. The zero-order chi connectivity index (χ0) is 18.1. The van der Waals surface area contributed by atoms with Crippen LogP contribution in [0.4, 0.5) is 4.39 Å². The number of benzene rings is 1. The van der Waals surface area contributed by atoms with Crippen LogP contribution in [0.2, 0.25) is 0 Å². The van der Waals surface area contributed by atoms with E-state index in [9.17, 15) is 9.18 Å².